The van der Waals surface area contributed by atoms with Crippen molar-refractivity contribution in [1.29, 1.82) is 0 Å². The minimum atomic E-state index is -1.01. The molecule has 1 aromatic carbocycles. The lowest BCUT2D eigenvalue weighted by Gasteiger charge is -2.43. The molecule has 1 atom stereocenters. The van der Waals surface area contributed by atoms with Gasteiger partial charge in [0.15, 0.2) is 5.69 Å². The van der Waals surface area contributed by atoms with E-state index in [4.69, 9.17) is 5.11 Å². The van der Waals surface area contributed by atoms with Gasteiger partial charge in [0.05, 0.1) is 6.04 Å². The van der Waals surface area contributed by atoms with Crippen LogP contribution in [-0.2, 0) is 0 Å². The number of carboxylic acid groups (broad SMARTS) is 1. The Morgan fingerprint density at radius 2 is 1.72 bits per heavy atom. The number of quaternary nitrogens is 1. The topological polar surface area (TPSA) is 52.6 Å². The van der Waals surface area contributed by atoms with Crippen LogP contribution >= 0.6 is 0 Å². The van der Waals surface area contributed by atoms with E-state index in [2.05, 4.69) is 57.1 Å². The van der Waals surface area contributed by atoms with Gasteiger partial charge in [0, 0.05) is 37.2 Å². The van der Waals surface area contributed by atoms with Crippen molar-refractivity contribution in [1.82, 2.24) is 9.60 Å². The Hall–Kier alpha value is -1.59. The van der Waals surface area contributed by atoms with Crippen LogP contribution in [0.5, 0.6) is 0 Å². The first-order chi connectivity index (χ1) is 13.5. The number of aryl methyl sites for hydroxylation is 1. The largest absolute Gasteiger partial charge is 0.465 e. The second-order valence-corrected chi connectivity index (χ2v) is 10.6. The third-order valence-electron chi connectivity index (χ3n) is 7.84. The Morgan fingerprint density at radius 3 is 2.14 bits per heavy atom. The molecule has 162 valence electrons. The van der Waals surface area contributed by atoms with Crippen LogP contribution in [0.1, 0.15) is 72.3 Å². The van der Waals surface area contributed by atoms with Gasteiger partial charge in [-0.2, -0.15) is 0 Å². The van der Waals surface area contributed by atoms with E-state index >= 15 is 0 Å². The summed E-state index contributed by atoms with van der Waals surface area (Å²) < 4.78 is 0.954. The number of anilines is 1. The van der Waals surface area contributed by atoms with Gasteiger partial charge >= 0.3 is 6.09 Å². The van der Waals surface area contributed by atoms with Gasteiger partial charge in [-0.1, -0.05) is 27.7 Å². The highest BCUT2D eigenvalue weighted by Crippen LogP contribution is 2.62. The molecule has 3 fully saturated rings. The van der Waals surface area contributed by atoms with Gasteiger partial charge < -0.3 is 5.11 Å². The standard InChI is InChI=1S/C17H25N3O2.C7H14/c1-13-12-15(7-8-16(13)18-17(21)22)20(10-3-4-11-20)19-9-5-6-14(19)2;1-6(2)5-7(6,3)4/h7-8,12,14,18H,3-6,9-11H2,1-2H3;5H2,1-4H3/p+1/t14-;/m0./s1. The van der Waals surface area contributed by atoms with Crippen LogP contribution in [0.4, 0.5) is 16.2 Å². The quantitative estimate of drug-likeness (QED) is 0.607. The molecule has 0 radical (unpaired) electrons. The molecule has 2 aliphatic heterocycles. The van der Waals surface area contributed by atoms with Crippen molar-refractivity contribution in [3.63, 3.8) is 0 Å². The van der Waals surface area contributed by atoms with E-state index < -0.39 is 6.09 Å². The molecular weight excluding hydrogens is 362 g/mol. The molecule has 0 unspecified atom stereocenters. The van der Waals surface area contributed by atoms with Crippen molar-refractivity contribution in [2.75, 3.05) is 25.0 Å². The molecule has 2 N–H and O–H groups in total. The molecule has 1 saturated carbocycles. The number of hydrogen-bond acceptors (Lipinski definition) is 2. The third-order valence-corrected chi connectivity index (χ3v) is 7.84. The first-order valence-corrected chi connectivity index (χ1v) is 11.2. The number of nitrogens with one attached hydrogen (secondary N) is 1. The highest BCUT2D eigenvalue weighted by molar-refractivity contribution is 5.84. The zero-order valence-electron chi connectivity index (χ0n) is 19.2. The summed E-state index contributed by atoms with van der Waals surface area (Å²) in [5.41, 5.74) is 4.28. The van der Waals surface area contributed by atoms with Crippen LogP contribution < -0.4 is 9.91 Å². The van der Waals surface area contributed by atoms with E-state index in [9.17, 15) is 4.79 Å². The monoisotopic (exact) mass is 402 g/mol. The van der Waals surface area contributed by atoms with Crippen molar-refractivity contribution < 1.29 is 9.90 Å². The molecule has 3 aliphatic rings. The third kappa shape index (κ3) is 4.46. The van der Waals surface area contributed by atoms with Crippen LogP contribution in [0, 0.1) is 17.8 Å². The van der Waals surface area contributed by atoms with E-state index in [0.29, 0.717) is 22.6 Å². The molecule has 29 heavy (non-hydrogen) atoms. The summed E-state index contributed by atoms with van der Waals surface area (Å²) in [6.45, 7) is 17.1. The van der Waals surface area contributed by atoms with Crippen LogP contribution in [0.2, 0.25) is 0 Å². The van der Waals surface area contributed by atoms with Crippen LogP contribution in [0.3, 0.4) is 0 Å². The molecule has 1 aromatic rings. The minimum absolute atomic E-state index is 0.621. The average Bonchev–Trinajstić information content (AvgIpc) is 3.06. The first-order valence-electron chi connectivity index (χ1n) is 11.2. The summed E-state index contributed by atoms with van der Waals surface area (Å²) in [6, 6.07) is 6.81. The molecule has 5 heteroatoms. The number of amides is 1. The van der Waals surface area contributed by atoms with Crippen molar-refractivity contribution in [3.8, 4) is 0 Å². The molecule has 5 nitrogen and oxygen atoms in total. The Morgan fingerprint density at radius 1 is 1.14 bits per heavy atom. The van der Waals surface area contributed by atoms with Gasteiger partial charge in [-0.3, -0.25) is 5.32 Å². The summed E-state index contributed by atoms with van der Waals surface area (Å²) in [5, 5.41) is 14.0. The molecule has 2 saturated heterocycles. The highest BCUT2D eigenvalue weighted by Gasteiger charge is 2.53. The number of benzene rings is 1. The van der Waals surface area contributed by atoms with Crippen LogP contribution in [0.15, 0.2) is 18.2 Å². The Bertz CT molecular complexity index is 738. The fourth-order valence-electron chi connectivity index (χ4n) is 5.23. The smallest absolute Gasteiger partial charge is 0.409 e. The summed E-state index contributed by atoms with van der Waals surface area (Å²) in [5.74, 6) is 0. The van der Waals surface area contributed by atoms with Gasteiger partial charge in [0.25, 0.3) is 0 Å². The molecule has 1 amide bonds. The Labute approximate surface area is 176 Å². The second kappa shape index (κ2) is 7.92. The maximum atomic E-state index is 10.9. The highest BCUT2D eigenvalue weighted by atomic mass is 16.4. The number of carbonyl (C=O) groups is 1. The van der Waals surface area contributed by atoms with Crippen molar-refractivity contribution in [3.05, 3.63) is 23.8 Å². The molecule has 2 heterocycles. The average molecular weight is 403 g/mol. The number of rotatable bonds is 3. The molecule has 4 rings (SSSR count). The first kappa shape index (κ1) is 22.1. The van der Waals surface area contributed by atoms with E-state index in [1.807, 2.05) is 13.0 Å². The maximum absolute atomic E-state index is 10.9. The molecular formula is C24H40N3O2+. The zero-order chi connectivity index (χ0) is 21.4. The predicted molar refractivity (Wildman–Crippen MR) is 121 cm³/mol. The van der Waals surface area contributed by atoms with E-state index in [1.54, 1.807) is 0 Å². The summed E-state index contributed by atoms with van der Waals surface area (Å²) >= 11 is 0. The normalized spacial score (nSPS) is 26.5. The van der Waals surface area contributed by atoms with Crippen LogP contribution in [0.25, 0.3) is 0 Å². The summed E-state index contributed by atoms with van der Waals surface area (Å²) in [4.78, 5) is 10.9. The SMILES string of the molecule is CC1(C)CC1(C)C.Cc1cc([N+]2(N3CCC[C@@H]3C)CCCC2)ccc1NC(=O)O. The predicted octanol–water partition coefficient (Wildman–Crippen LogP) is 6.03. The van der Waals surface area contributed by atoms with Gasteiger partial charge in [-0.05, 0) is 55.6 Å². The van der Waals surface area contributed by atoms with E-state index in [1.165, 1.54) is 37.8 Å². The maximum Gasteiger partial charge on any atom is 0.409 e. The Balaban J connectivity index is 0.000000290. The minimum Gasteiger partial charge on any atom is -0.465 e. The zero-order valence-corrected chi connectivity index (χ0v) is 19.2. The van der Waals surface area contributed by atoms with E-state index in [-0.39, 0.29) is 0 Å². The van der Waals surface area contributed by atoms with Crippen molar-refractivity contribution in [2.45, 2.75) is 79.7 Å². The van der Waals surface area contributed by atoms with Crippen molar-refractivity contribution in [2.24, 2.45) is 10.8 Å². The van der Waals surface area contributed by atoms with Crippen LogP contribution in [-0.4, -0.2) is 41.9 Å². The summed E-state index contributed by atoms with van der Waals surface area (Å²) in [7, 11) is 0. The van der Waals surface area contributed by atoms with Gasteiger partial charge in [-0.25, -0.2) is 9.39 Å². The Kier molecular flexibility index (Phi) is 6.03. The lowest BCUT2D eigenvalue weighted by Crippen LogP contribution is -2.61. The summed E-state index contributed by atoms with van der Waals surface area (Å²) in [6.07, 6.45) is 5.47. The van der Waals surface area contributed by atoms with Gasteiger partial charge in [0.2, 0.25) is 0 Å². The van der Waals surface area contributed by atoms with Gasteiger partial charge in [-0.15, -0.1) is 5.01 Å². The van der Waals surface area contributed by atoms with Crippen molar-refractivity contribution >= 4 is 17.5 Å². The number of nitrogens with zero attached hydrogens (tertiary/aromatic N) is 2. The van der Waals surface area contributed by atoms with Gasteiger partial charge in [0.1, 0.15) is 13.1 Å². The molecule has 0 spiro atoms. The lowest BCUT2D eigenvalue weighted by molar-refractivity contribution is -0.00237. The number of hydrogen-bond donors (Lipinski definition) is 2. The molecule has 0 bridgehead atoms. The second-order valence-electron chi connectivity index (χ2n) is 10.6. The lowest BCUT2D eigenvalue weighted by atomic mass is 10.0. The van der Waals surface area contributed by atoms with E-state index in [0.717, 1.165) is 29.8 Å². The fourth-order valence-corrected chi connectivity index (χ4v) is 5.23. The molecule has 0 aromatic heterocycles. The molecule has 1 aliphatic carbocycles. The fraction of sp³-hybridized carbons (Fsp3) is 0.708.